The van der Waals surface area contributed by atoms with Crippen molar-refractivity contribution in [2.24, 2.45) is 5.73 Å². The molecular formula is C15H23N3O. The highest BCUT2D eigenvalue weighted by Gasteiger charge is 2.17. The quantitative estimate of drug-likeness (QED) is 0.813. The molecule has 4 heteroatoms. The summed E-state index contributed by atoms with van der Waals surface area (Å²) in [6, 6.07) is 8.07. The summed E-state index contributed by atoms with van der Waals surface area (Å²) in [4.78, 5) is 13.6. The van der Waals surface area contributed by atoms with Gasteiger partial charge in [0.2, 0.25) is 5.91 Å². The molecule has 1 heterocycles. The number of primary amides is 1. The summed E-state index contributed by atoms with van der Waals surface area (Å²) in [5.74, 6) is -0.368. The second kappa shape index (κ2) is 6.68. The lowest BCUT2D eigenvalue weighted by Gasteiger charge is -2.24. The summed E-state index contributed by atoms with van der Waals surface area (Å²) in [5, 5.41) is 3.45. The van der Waals surface area contributed by atoms with Gasteiger partial charge in [0, 0.05) is 24.7 Å². The minimum absolute atomic E-state index is 0.368. The van der Waals surface area contributed by atoms with Crippen LogP contribution >= 0.6 is 0 Å². The van der Waals surface area contributed by atoms with E-state index >= 15 is 0 Å². The van der Waals surface area contributed by atoms with Crippen LogP contribution in [0.4, 0.5) is 0 Å². The van der Waals surface area contributed by atoms with Crippen molar-refractivity contribution in [1.82, 2.24) is 10.2 Å². The maximum absolute atomic E-state index is 11.1. The molecule has 1 saturated heterocycles. The smallest absolute Gasteiger partial charge is 0.248 e. The van der Waals surface area contributed by atoms with Crippen molar-refractivity contribution < 1.29 is 4.79 Å². The molecule has 0 aliphatic carbocycles. The summed E-state index contributed by atoms with van der Waals surface area (Å²) < 4.78 is 0. The number of hydrogen-bond donors (Lipinski definition) is 2. The fraction of sp³-hybridized carbons (Fsp3) is 0.533. The monoisotopic (exact) mass is 261 g/mol. The molecule has 19 heavy (non-hydrogen) atoms. The van der Waals surface area contributed by atoms with Crippen molar-refractivity contribution in [3.63, 3.8) is 0 Å². The molecule has 3 N–H and O–H groups in total. The molecule has 4 nitrogen and oxygen atoms in total. The van der Waals surface area contributed by atoms with Crippen molar-refractivity contribution in [2.45, 2.75) is 32.4 Å². The van der Waals surface area contributed by atoms with Gasteiger partial charge < -0.3 is 11.1 Å². The van der Waals surface area contributed by atoms with E-state index in [0.717, 1.165) is 18.7 Å². The fourth-order valence-electron chi connectivity index (χ4n) is 2.57. The van der Waals surface area contributed by atoms with E-state index < -0.39 is 0 Å². The molecule has 1 aromatic carbocycles. The Balaban J connectivity index is 1.78. The summed E-state index contributed by atoms with van der Waals surface area (Å²) in [6.07, 6.45) is 2.65. The maximum Gasteiger partial charge on any atom is 0.248 e. The van der Waals surface area contributed by atoms with Crippen molar-refractivity contribution in [1.29, 1.82) is 0 Å². The number of nitrogens with one attached hydrogen (secondary N) is 1. The molecule has 2 rings (SSSR count). The van der Waals surface area contributed by atoms with Crippen molar-refractivity contribution in [3.8, 4) is 0 Å². The SMILES string of the molecule is CC(CNCc1cccc(C(N)=O)c1)N1CCCC1. The molecule has 1 aromatic rings. The zero-order chi connectivity index (χ0) is 13.7. The van der Waals surface area contributed by atoms with Crippen LogP contribution in [-0.4, -0.2) is 36.5 Å². The van der Waals surface area contributed by atoms with Gasteiger partial charge in [-0.2, -0.15) is 0 Å². The zero-order valence-corrected chi connectivity index (χ0v) is 11.6. The zero-order valence-electron chi connectivity index (χ0n) is 11.6. The number of rotatable bonds is 6. The Labute approximate surface area is 115 Å². The Kier molecular flexibility index (Phi) is 4.93. The van der Waals surface area contributed by atoms with E-state index in [2.05, 4.69) is 17.1 Å². The Morgan fingerprint density at radius 1 is 1.42 bits per heavy atom. The van der Waals surface area contributed by atoms with Crippen LogP contribution in [0.5, 0.6) is 0 Å². The molecule has 1 atom stereocenters. The van der Waals surface area contributed by atoms with Crippen LogP contribution in [0.25, 0.3) is 0 Å². The van der Waals surface area contributed by atoms with Gasteiger partial charge in [-0.05, 0) is 50.6 Å². The fourth-order valence-corrected chi connectivity index (χ4v) is 2.57. The molecule has 0 spiro atoms. The van der Waals surface area contributed by atoms with Crippen LogP contribution < -0.4 is 11.1 Å². The standard InChI is InChI=1S/C15H23N3O/c1-12(18-7-2-3-8-18)10-17-11-13-5-4-6-14(9-13)15(16)19/h4-6,9,12,17H,2-3,7-8,10-11H2,1H3,(H2,16,19). The van der Waals surface area contributed by atoms with Gasteiger partial charge in [0.15, 0.2) is 0 Å². The van der Waals surface area contributed by atoms with E-state index in [0.29, 0.717) is 11.6 Å². The molecule has 0 saturated carbocycles. The first-order valence-electron chi connectivity index (χ1n) is 7.00. The number of carbonyl (C=O) groups is 1. The maximum atomic E-state index is 11.1. The van der Waals surface area contributed by atoms with Gasteiger partial charge in [-0.1, -0.05) is 12.1 Å². The predicted molar refractivity (Wildman–Crippen MR) is 76.9 cm³/mol. The van der Waals surface area contributed by atoms with Crippen LogP contribution in [0.3, 0.4) is 0 Å². The largest absolute Gasteiger partial charge is 0.366 e. The summed E-state index contributed by atoms with van der Waals surface area (Å²) in [7, 11) is 0. The molecule has 1 fully saturated rings. The van der Waals surface area contributed by atoms with Gasteiger partial charge in [0.25, 0.3) is 0 Å². The van der Waals surface area contributed by atoms with Crippen LogP contribution in [0.2, 0.25) is 0 Å². The van der Waals surface area contributed by atoms with Crippen LogP contribution in [0.1, 0.15) is 35.7 Å². The first kappa shape index (κ1) is 14.0. The van der Waals surface area contributed by atoms with Gasteiger partial charge >= 0.3 is 0 Å². The van der Waals surface area contributed by atoms with Gasteiger partial charge in [0.05, 0.1) is 0 Å². The number of carbonyl (C=O) groups excluding carboxylic acids is 1. The third-order valence-electron chi connectivity index (χ3n) is 3.74. The van der Waals surface area contributed by atoms with Crippen molar-refractivity contribution >= 4 is 5.91 Å². The van der Waals surface area contributed by atoms with Crippen molar-refractivity contribution in [2.75, 3.05) is 19.6 Å². The number of likely N-dealkylation sites (tertiary alicyclic amines) is 1. The van der Waals surface area contributed by atoms with Gasteiger partial charge in [-0.3, -0.25) is 9.69 Å². The Bertz CT molecular complexity index is 427. The summed E-state index contributed by atoms with van der Waals surface area (Å²) in [6.45, 7) is 6.46. The predicted octanol–water partition coefficient (Wildman–Crippen LogP) is 1.36. The highest BCUT2D eigenvalue weighted by Crippen LogP contribution is 2.11. The lowest BCUT2D eigenvalue weighted by Crippen LogP contribution is -2.38. The minimum atomic E-state index is -0.368. The minimum Gasteiger partial charge on any atom is -0.366 e. The number of nitrogens with two attached hydrogens (primary N) is 1. The first-order chi connectivity index (χ1) is 9.16. The highest BCUT2D eigenvalue weighted by atomic mass is 16.1. The number of amides is 1. The van der Waals surface area contributed by atoms with E-state index in [1.54, 1.807) is 6.07 Å². The topological polar surface area (TPSA) is 58.4 Å². The van der Waals surface area contributed by atoms with Crippen LogP contribution in [-0.2, 0) is 6.54 Å². The van der Waals surface area contributed by atoms with Gasteiger partial charge in [0.1, 0.15) is 0 Å². The molecule has 0 bridgehead atoms. The lowest BCUT2D eigenvalue weighted by atomic mass is 10.1. The molecule has 0 radical (unpaired) electrons. The second-order valence-corrected chi connectivity index (χ2v) is 5.29. The molecule has 1 amide bonds. The molecular weight excluding hydrogens is 238 g/mol. The molecule has 1 aliphatic rings. The normalized spacial score (nSPS) is 17.5. The first-order valence-corrected chi connectivity index (χ1v) is 7.00. The molecule has 0 aromatic heterocycles. The van der Waals surface area contributed by atoms with Gasteiger partial charge in [-0.25, -0.2) is 0 Å². The van der Waals surface area contributed by atoms with E-state index in [1.165, 1.54) is 25.9 Å². The van der Waals surface area contributed by atoms with E-state index in [-0.39, 0.29) is 5.91 Å². The van der Waals surface area contributed by atoms with Gasteiger partial charge in [-0.15, -0.1) is 0 Å². The van der Waals surface area contributed by atoms with E-state index in [4.69, 9.17) is 5.73 Å². The highest BCUT2D eigenvalue weighted by molar-refractivity contribution is 5.92. The molecule has 104 valence electrons. The Morgan fingerprint density at radius 3 is 2.84 bits per heavy atom. The molecule has 1 unspecified atom stereocenters. The number of benzene rings is 1. The summed E-state index contributed by atoms with van der Waals surface area (Å²) >= 11 is 0. The number of hydrogen-bond acceptors (Lipinski definition) is 3. The average Bonchev–Trinajstić information content (AvgIpc) is 2.93. The Hall–Kier alpha value is -1.39. The third-order valence-corrected chi connectivity index (χ3v) is 3.74. The Morgan fingerprint density at radius 2 is 2.16 bits per heavy atom. The lowest BCUT2D eigenvalue weighted by molar-refractivity contribution is 0.1000. The van der Waals surface area contributed by atoms with E-state index in [9.17, 15) is 4.79 Å². The van der Waals surface area contributed by atoms with Crippen LogP contribution in [0.15, 0.2) is 24.3 Å². The third kappa shape index (κ3) is 4.04. The van der Waals surface area contributed by atoms with E-state index in [1.807, 2.05) is 18.2 Å². The average molecular weight is 261 g/mol. The number of nitrogens with zero attached hydrogens (tertiary/aromatic N) is 1. The van der Waals surface area contributed by atoms with Crippen molar-refractivity contribution in [3.05, 3.63) is 35.4 Å². The summed E-state index contributed by atoms with van der Waals surface area (Å²) in [5.41, 5.74) is 6.95. The van der Waals surface area contributed by atoms with Crippen LogP contribution in [0, 0.1) is 0 Å². The second-order valence-electron chi connectivity index (χ2n) is 5.29. The molecule has 1 aliphatic heterocycles.